The first-order valence-corrected chi connectivity index (χ1v) is 14.2. The van der Waals surface area contributed by atoms with Crippen molar-refractivity contribution in [3.63, 3.8) is 0 Å². The number of anilines is 1. The van der Waals surface area contributed by atoms with E-state index in [9.17, 15) is 19.2 Å². The van der Waals surface area contributed by atoms with Crippen molar-refractivity contribution >= 4 is 46.3 Å². The maximum absolute atomic E-state index is 13.2. The highest BCUT2D eigenvalue weighted by molar-refractivity contribution is 14.1. The first kappa shape index (κ1) is 29.1. The summed E-state index contributed by atoms with van der Waals surface area (Å²) in [6.07, 6.45) is -1.10. The lowest BCUT2D eigenvalue weighted by molar-refractivity contribution is -0.0588. The van der Waals surface area contributed by atoms with Crippen LogP contribution in [0.25, 0.3) is 0 Å². The molecule has 0 radical (unpaired) electrons. The third-order valence-corrected chi connectivity index (χ3v) is 7.53. The van der Waals surface area contributed by atoms with Crippen molar-refractivity contribution in [2.24, 2.45) is 5.92 Å². The Hall–Kier alpha value is -4.36. The highest BCUT2D eigenvalue weighted by Gasteiger charge is 2.46. The number of benzene rings is 3. The minimum Gasteiger partial charge on any atom is -0.459 e. The van der Waals surface area contributed by atoms with Crippen LogP contribution in [-0.4, -0.2) is 46.2 Å². The molecule has 1 fully saturated rings. The SMILES string of the molecule is CC1C(OC(=O)c2ccccc2)C(COC(=O)c2ccccc2)OC1n1cc(I)c(NC(=O)c2ccccc2)nc1=O. The molecule has 42 heavy (non-hydrogen) atoms. The number of nitrogens with zero attached hydrogens (tertiary/aromatic N) is 2. The van der Waals surface area contributed by atoms with Crippen LogP contribution >= 0.6 is 22.6 Å². The number of nitrogens with one attached hydrogen (secondary N) is 1. The zero-order valence-electron chi connectivity index (χ0n) is 22.4. The lowest BCUT2D eigenvalue weighted by Gasteiger charge is -2.22. The van der Waals surface area contributed by atoms with Gasteiger partial charge in [0.25, 0.3) is 5.91 Å². The molecule has 5 rings (SSSR count). The number of aromatic nitrogens is 2. The molecule has 0 aliphatic carbocycles. The van der Waals surface area contributed by atoms with Gasteiger partial charge in [-0.3, -0.25) is 9.36 Å². The molecule has 0 saturated carbocycles. The molecule has 1 saturated heterocycles. The number of ether oxygens (including phenoxy) is 3. The fourth-order valence-corrected chi connectivity index (χ4v) is 5.14. The van der Waals surface area contributed by atoms with Crippen molar-refractivity contribution in [3.05, 3.63) is 128 Å². The van der Waals surface area contributed by atoms with Gasteiger partial charge >= 0.3 is 17.6 Å². The van der Waals surface area contributed by atoms with Gasteiger partial charge in [0.1, 0.15) is 25.0 Å². The van der Waals surface area contributed by atoms with Crippen molar-refractivity contribution < 1.29 is 28.6 Å². The van der Waals surface area contributed by atoms with Crippen LogP contribution in [0.5, 0.6) is 0 Å². The van der Waals surface area contributed by atoms with E-state index in [0.717, 1.165) is 0 Å². The van der Waals surface area contributed by atoms with Gasteiger partial charge < -0.3 is 19.5 Å². The van der Waals surface area contributed by atoms with Gasteiger partial charge in [-0.05, 0) is 59.0 Å². The topological polar surface area (TPSA) is 126 Å². The van der Waals surface area contributed by atoms with Crippen molar-refractivity contribution in [1.82, 2.24) is 9.55 Å². The average Bonchev–Trinajstić information content (AvgIpc) is 3.32. The second kappa shape index (κ2) is 13.1. The summed E-state index contributed by atoms with van der Waals surface area (Å²) in [5, 5.41) is 2.67. The van der Waals surface area contributed by atoms with Crippen molar-refractivity contribution in [2.45, 2.75) is 25.4 Å². The van der Waals surface area contributed by atoms with Crippen molar-refractivity contribution in [2.75, 3.05) is 11.9 Å². The summed E-state index contributed by atoms with van der Waals surface area (Å²) >= 11 is 1.97. The first-order chi connectivity index (χ1) is 20.3. The number of carbonyl (C=O) groups is 3. The first-order valence-electron chi connectivity index (χ1n) is 13.1. The average molecular weight is 679 g/mol. The van der Waals surface area contributed by atoms with Crippen LogP contribution in [0.3, 0.4) is 0 Å². The molecule has 10 nitrogen and oxygen atoms in total. The Morgan fingerprint density at radius 2 is 1.43 bits per heavy atom. The maximum atomic E-state index is 13.2. The predicted molar refractivity (Wildman–Crippen MR) is 161 cm³/mol. The van der Waals surface area contributed by atoms with E-state index in [1.807, 2.05) is 22.6 Å². The van der Waals surface area contributed by atoms with E-state index in [0.29, 0.717) is 20.3 Å². The summed E-state index contributed by atoms with van der Waals surface area (Å²) in [6, 6.07) is 25.5. The lowest BCUT2D eigenvalue weighted by atomic mass is 10.0. The van der Waals surface area contributed by atoms with Crippen LogP contribution in [0.15, 0.2) is 102 Å². The number of esters is 2. The Kier molecular flexibility index (Phi) is 9.08. The van der Waals surface area contributed by atoms with E-state index in [1.165, 1.54) is 10.8 Å². The minimum atomic E-state index is -0.897. The van der Waals surface area contributed by atoms with Crippen LogP contribution < -0.4 is 11.0 Å². The number of carbonyl (C=O) groups excluding carboxylic acids is 3. The summed E-state index contributed by atoms with van der Waals surface area (Å²) in [5.41, 5.74) is 0.454. The van der Waals surface area contributed by atoms with Crippen LogP contribution in [0.4, 0.5) is 5.82 Å². The summed E-state index contributed by atoms with van der Waals surface area (Å²) in [7, 11) is 0. The molecular formula is C31H26IN3O7. The molecule has 4 unspecified atom stereocenters. The standard InChI is InChI=1S/C31H26IN3O7/c1-19-25(42-30(38)22-15-9-4-10-16-22)24(18-40-29(37)21-13-7-3-8-14-21)41-28(19)35-17-23(32)26(34-31(35)39)33-27(36)20-11-5-2-6-12-20/h2-17,19,24-25,28H,18H2,1H3,(H,33,34,36,39). The summed E-state index contributed by atoms with van der Waals surface area (Å²) in [4.78, 5) is 55.5. The van der Waals surface area contributed by atoms with Gasteiger partial charge in [0, 0.05) is 17.7 Å². The number of halogens is 1. The molecule has 4 atom stereocenters. The third-order valence-electron chi connectivity index (χ3n) is 6.74. The molecule has 1 aliphatic heterocycles. The van der Waals surface area contributed by atoms with Gasteiger partial charge in [-0.2, -0.15) is 4.98 Å². The molecule has 11 heteroatoms. The number of hydrogen-bond donors (Lipinski definition) is 1. The predicted octanol–water partition coefficient (Wildman–Crippen LogP) is 4.72. The molecule has 1 amide bonds. The largest absolute Gasteiger partial charge is 0.459 e. The third kappa shape index (κ3) is 6.58. The summed E-state index contributed by atoms with van der Waals surface area (Å²) in [5.74, 6) is -1.96. The zero-order valence-corrected chi connectivity index (χ0v) is 24.5. The van der Waals surface area contributed by atoms with Crippen LogP contribution in [0.2, 0.25) is 0 Å². The zero-order chi connectivity index (χ0) is 29.6. The lowest BCUT2D eigenvalue weighted by Crippen LogP contribution is -2.35. The van der Waals surface area contributed by atoms with Gasteiger partial charge in [-0.1, -0.05) is 61.5 Å². The molecule has 1 aliphatic rings. The smallest absolute Gasteiger partial charge is 0.351 e. The number of rotatable bonds is 8. The molecular weight excluding hydrogens is 653 g/mol. The Labute approximate surface area is 254 Å². The van der Waals surface area contributed by atoms with Crippen LogP contribution in [-0.2, 0) is 14.2 Å². The monoisotopic (exact) mass is 679 g/mol. The van der Waals surface area contributed by atoms with Crippen LogP contribution in [0.1, 0.15) is 44.2 Å². The Morgan fingerprint density at radius 3 is 2.02 bits per heavy atom. The van der Waals surface area contributed by atoms with Crippen molar-refractivity contribution in [1.29, 1.82) is 0 Å². The fourth-order valence-electron chi connectivity index (χ4n) is 4.58. The Morgan fingerprint density at radius 1 is 0.881 bits per heavy atom. The van der Waals surface area contributed by atoms with E-state index in [1.54, 1.807) is 97.9 Å². The van der Waals surface area contributed by atoms with E-state index in [4.69, 9.17) is 14.2 Å². The molecule has 214 valence electrons. The molecule has 4 aromatic rings. The highest BCUT2D eigenvalue weighted by Crippen LogP contribution is 2.37. The van der Waals surface area contributed by atoms with Gasteiger partial charge in [0.15, 0.2) is 5.82 Å². The van der Waals surface area contributed by atoms with Crippen LogP contribution in [0, 0.1) is 9.49 Å². The summed E-state index contributed by atoms with van der Waals surface area (Å²) < 4.78 is 19.3. The molecule has 0 spiro atoms. The second-order valence-electron chi connectivity index (χ2n) is 9.57. The molecule has 0 bridgehead atoms. The quantitative estimate of drug-likeness (QED) is 0.210. The highest BCUT2D eigenvalue weighted by atomic mass is 127. The van der Waals surface area contributed by atoms with Gasteiger partial charge in [0.05, 0.1) is 14.7 Å². The molecule has 2 heterocycles. The number of hydrogen-bond acceptors (Lipinski definition) is 8. The molecule has 3 aromatic carbocycles. The Balaban J connectivity index is 1.38. The molecule has 1 N–H and O–H groups in total. The second-order valence-corrected chi connectivity index (χ2v) is 10.7. The van der Waals surface area contributed by atoms with Gasteiger partial charge in [-0.15, -0.1) is 0 Å². The van der Waals surface area contributed by atoms with Gasteiger partial charge in [0.2, 0.25) is 0 Å². The van der Waals surface area contributed by atoms with Gasteiger partial charge in [-0.25, -0.2) is 14.4 Å². The van der Waals surface area contributed by atoms with E-state index >= 15 is 0 Å². The fraction of sp³-hybridized carbons (Fsp3) is 0.194. The van der Waals surface area contributed by atoms with E-state index in [2.05, 4.69) is 10.3 Å². The summed E-state index contributed by atoms with van der Waals surface area (Å²) in [6.45, 7) is 1.56. The van der Waals surface area contributed by atoms with E-state index in [-0.39, 0.29) is 12.4 Å². The maximum Gasteiger partial charge on any atom is 0.351 e. The number of amides is 1. The minimum absolute atomic E-state index is 0.108. The van der Waals surface area contributed by atoms with E-state index < -0.39 is 47.9 Å². The molecule has 1 aromatic heterocycles. The van der Waals surface area contributed by atoms with Crippen molar-refractivity contribution in [3.8, 4) is 0 Å². The Bertz CT molecular complexity index is 1630. The normalized spacial score (nSPS) is 19.6.